The number of ether oxygens (including phenoxy) is 1. The molecular weight excluding hydrogens is 240 g/mol. The second-order valence-corrected chi connectivity index (χ2v) is 7.49. The summed E-state index contributed by atoms with van der Waals surface area (Å²) in [6, 6.07) is 0. The molecule has 1 unspecified atom stereocenters. The van der Waals surface area contributed by atoms with Crippen LogP contribution in [0, 0.1) is 11.8 Å². The summed E-state index contributed by atoms with van der Waals surface area (Å²) < 4.78 is 5.71. The van der Waals surface area contributed by atoms with Crippen molar-refractivity contribution in [2.45, 2.75) is 70.8 Å². The van der Waals surface area contributed by atoms with Crippen LogP contribution in [0.1, 0.15) is 65.2 Å². The van der Waals surface area contributed by atoms with Gasteiger partial charge >= 0.3 is 0 Å². The summed E-state index contributed by atoms with van der Waals surface area (Å²) >= 11 is 2.11. The average Bonchev–Trinajstić information content (AvgIpc) is 3.19. The summed E-state index contributed by atoms with van der Waals surface area (Å²) in [5, 5.41) is 0. The molecule has 2 heterocycles. The second kappa shape index (κ2) is 7.19. The molecule has 3 aliphatic rings. The van der Waals surface area contributed by atoms with Crippen molar-refractivity contribution in [1.82, 2.24) is 0 Å². The Labute approximate surface area is 117 Å². The molecule has 0 N–H and O–H groups in total. The van der Waals surface area contributed by atoms with Crippen molar-refractivity contribution >= 4 is 11.8 Å². The predicted octanol–water partition coefficient (Wildman–Crippen LogP) is 4.90. The fourth-order valence-electron chi connectivity index (χ4n) is 3.12. The molecule has 1 spiro atoms. The van der Waals surface area contributed by atoms with E-state index in [1.807, 2.05) is 0 Å². The van der Waals surface area contributed by atoms with Crippen LogP contribution in [0.3, 0.4) is 0 Å². The van der Waals surface area contributed by atoms with Gasteiger partial charge in [0.15, 0.2) is 0 Å². The van der Waals surface area contributed by atoms with Crippen LogP contribution in [0.25, 0.3) is 0 Å². The van der Waals surface area contributed by atoms with Crippen molar-refractivity contribution in [3.05, 3.63) is 0 Å². The van der Waals surface area contributed by atoms with E-state index in [0.717, 1.165) is 18.4 Å². The molecule has 2 saturated heterocycles. The molecule has 1 atom stereocenters. The van der Waals surface area contributed by atoms with Crippen LogP contribution in [-0.2, 0) is 4.74 Å². The fraction of sp³-hybridized carbons (Fsp3) is 1.00. The molecule has 0 amide bonds. The van der Waals surface area contributed by atoms with Crippen molar-refractivity contribution in [2.75, 3.05) is 18.1 Å². The molecule has 0 radical (unpaired) electrons. The van der Waals surface area contributed by atoms with Gasteiger partial charge in [0.2, 0.25) is 0 Å². The van der Waals surface area contributed by atoms with Gasteiger partial charge in [-0.15, -0.1) is 0 Å². The molecule has 1 aliphatic carbocycles. The van der Waals surface area contributed by atoms with Crippen molar-refractivity contribution in [3.63, 3.8) is 0 Å². The molecule has 2 aliphatic heterocycles. The van der Waals surface area contributed by atoms with Gasteiger partial charge in [0, 0.05) is 6.61 Å². The van der Waals surface area contributed by atoms with Crippen molar-refractivity contribution in [2.24, 2.45) is 11.8 Å². The Balaban J connectivity index is 0.000000138. The Morgan fingerprint density at radius 3 is 2.17 bits per heavy atom. The summed E-state index contributed by atoms with van der Waals surface area (Å²) in [6.07, 6.45) is 11.0. The monoisotopic (exact) mass is 270 g/mol. The maximum absolute atomic E-state index is 5.71. The number of thioether (sulfide) groups is 1. The van der Waals surface area contributed by atoms with Crippen molar-refractivity contribution in [1.29, 1.82) is 0 Å². The molecule has 0 aromatic carbocycles. The third kappa shape index (κ3) is 4.45. The average molecular weight is 270 g/mol. The zero-order valence-electron chi connectivity index (χ0n) is 12.2. The highest BCUT2D eigenvalue weighted by molar-refractivity contribution is 7.99. The molecular formula is C16H30OS. The number of rotatable bonds is 2. The van der Waals surface area contributed by atoms with Crippen LogP contribution < -0.4 is 0 Å². The topological polar surface area (TPSA) is 9.23 Å². The summed E-state index contributed by atoms with van der Waals surface area (Å²) in [5.41, 5.74) is 0.402. The number of hydrogen-bond acceptors (Lipinski definition) is 2. The maximum atomic E-state index is 5.71. The van der Waals surface area contributed by atoms with Crippen LogP contribution in [0.5, 0.6) is 0 Å². The minimum Gasteiger partial charge on any atom is -0.375 e. The zero-order valence-corrected chi connectivity index (χ0v) is 13.1. The van der Waals surface area contributed by atoms with Crippen LogP contribution in [0.2, 0.25) is 0 Å². The van der Waals surface area contributed by atoms with Gasteiger partial charge in [0.25, 0.3) is 0 Å². The van der Waals surface area contributed by atoms with E-state index in [0.29, 0.717) is 5.60 Å². The molecule has 106 valence electrons. The lowest BCUT2D eigenvalue weighted by Crippen LogP contribution is -2.26. The summed E-state index contributed by atoms with van der Waals surface area (Å²) in [6.45, 7) is 5.63. The maximum Gasteiger partial charge on any atom is 0.0687 e. The molecule has 3 rings (SSSR count). The molecule has 0 bridgehead atoms. The minimum atomic E-state index is 0.402. The highest BCUT2D eigenvalue weighted by Gasteiger charge is 2.47. The van der Waals surface area contributed by atoms with Gasteiger partial charge in [-0.25, -0.2) is 0 Å². The third-order valence-electron chi connectivity index (χ3n) is 4.90. The van der Waals surface area contributed by atoms with Gasteiger partial charge in [-0.3, -0.25) is 0 Å². The third-order valence-corrected chi connectivity index (χ3v) is 5.95. The van der Waals surface area contributed by atoms with E-state index in [4.69, 9.17) is 4.74 Å². The Hall–Kier alpha value is 0.310. The fourth-order valence-corrected chi connectivity index (χ4v) is 4.32. The standard InChI is InChI=1S/C9H16O.C7H14S/c1-2-8-3-6-10-9(7-8)4-5-9;1-2-7-3-5-8-6-4-7/h8H,2-7H2,1H3;7H,2-6H2,1H3. The quantitative estimate of drug-likeness (QED) is 0.706. The largest absolute Gasteiger partial charge is 0.375 e. The lowest BCUT2D eigenvalue weighted by atomic mass is 9.92. The van der Waals surface area contributed by atoms with E-state index in [2.05, 4.69) is 25.6 Å². The van der Waals surface area contributed by atoms with Crippen LogP contribution in [-0.4, -0.2) is 23.7 Å². The number of hydrogen-bond donors (Lipinski definition) is 0. The first kappa shape index (κ1) is 14.7. The van der Waals surface area contributed by atoms with Gasteiger partial charge in [-0.2, -0.15) is 11.8 Å². The Morgan fingerprint density at radius 1 is 1.00 bits per heavy atom. The molecule has 18 heavy (non-hydrogen) atoms. The normalized spacial score (nSPS) is 30.7. The van der Waals surface area contributed by atoms with Crippen LogP contribution in [0.4, 0.5) is 0 Å². The summed E-state index contributed by atoms with van der Waals surface area (Å²) in [7, 11) is 0. The lowest BCUT2D eigenvalue weighted by Gasteiger charge is -2.28. The van der Waals surface area contributed by atoms with E-state index in [-0.39, 0.29) is 0 Å². The van der Waals surface area contributed by atoms with Gasteiger partial charge in [-0.05, 0) is 61.9 Å². The molecule has 1 saturated carbocycles. The SMILES string of the molecule is CCC1CCOC2(CC2)C1.CCC1CCSCC1. The minimum absolute atomic E-state index is 0.402. The van der Waals surface area contributed by atoms with Gasteiger partial charge in [0.1, 0.15) is 0 Å². The first-order chi connectivity index (χ1) is 8.78. The van der Waals surface area contributed by atoms with E-state index in [9.17, 15) is 0 Å². The van der Waals surface area contributed by atoms with Crippen molar-refractivity contribution in [3.8, 4) is 0 Å². The van der Waals surface area contributed by atoms with Gasteiger partial charge < -0.3 is 4.74 Å². The van der Waals surface area contributed by atoms with Crippen LogP contribution >= 0.6 is 11.8 Å². The Kier molecular flexibility index (Phi) is 5.88. The Bertz CT molecular complexity index is 231. The summed E-state index contributed by atoms with van der Waals surface area (Å²) in [4.78, 5) is 0. The molecule has 2 heteroatoms. The second-order valence-electron chi connectivity index (χ2n) is 6.26. The highest BCUT2D eigenvalue weighted by Crippen LogP contribution is 2.48. The molecule has 1 nitrogen and oxygen atoms in total. The predicted molar refractivity (Wildman–Crippen MR) is 81.3 cm³/mol. The first-order valence-corrected chi connectivity index (χ1v) is 9.15. The summed E-state index contributed by atoms with van der Waals surface area (Å²) in [5.74, 6) is 4.87. The van der Waals surface area contributed by atoms with E-state index in [1.165, 1.54) is 62.9 Å². The molecule has 0 aromatic heterocycles. The smallest absolute Gasteiger partial charge is 0.0687 e. The van der Waals surface area contributed by atoms with Gasteiger partial charge in [-0.1, -0.05) is 26.7 Å². The van der Waals surface area contributed by atoms with Crippen molar-refractivity contribution < 1.29 is 4.74 Å². The Morgan fingerprint density at radius 2 is 1.67 bits per heavy atom. The lowest BCUT2D eigenvalue weighted by molar-refractivity contribution is -0.0286. The molecule has 0 aromatic rings. The van der Waals surface area contributed by atoms with E-state index >= 15 is 0 Å². The zero-order chi connectivity index (χ0) is 12.8. The van der Waals surface area contributed by atoms with Gasteiger partial charge in [0.05, 0.1) is 5.60 Å². The van der Waals surface area contributed by atoms with E-state index in [1.54, 1.807) is 0 Å². The van der Waals surface area contributed by atoms with E-state index < -0.39 is 0 Å². The first-order valence-electron chi connectivity index (χ1n) is 7.99. The molecule has 3 fully saturated rings. The highest BCUT2D eigenvalue weighted by atomic mass is 32.2. The van der Waals surface area contributed by atoms with Crippen LogP contribution in [0.15, 0.2) is 0 Å².